The summed E-state index contributed by atoms with van der Waals surface area (Å²) in [5.74, 6) is -2.64. The Kier molecular flexibility index (Phi) is 4.77. The summed E-state index contributed by atoms with van der Waals surface area (Å²) >= 11 is 0. The van der Waals surface area contributed by atoms with Crippen molar-refractivity contribution in [2.24, 2.45) is 5.73 Å². The molecule has 0 aliphatic heterocycles. The monoisotopic (exact) mass is 305 g/mol. The van der Waals surface area contributed by atoms with Crippen molar-refractivity contribution in [2.45, 2.75) is 25.6 Å². The molecular formula is C12H14F3N3O3. The molecule has 1 heterocycles. The van der Waals surface area contributed by atoms with Gasteiger partial charge in [-0.1, -0.05) is 6.92 Å². The van der Waals surface area contributed by atoms with Gasteiger partial charge in [0.25, 0.3) is 5.91 Å². The van der Waals surface area contributed by atoms with E-state index in [1.807, 2.05) is 0 Å². The van der Waals surface area contributed by atoms with Gasteiger partial charge in [0.15, 0.2) is 0 Å². The first-order valence-corrected chi connectivity index (χ1v) is 5.93. The van der Waals surface area contributed by atoms with Gasteiger partial charge in [0.1, 0.15) is 17.6 Å². The zero-order chi connectivity index (χ0) is 16.4. The summed E-state index contributed by atoms with van der Waals surface area (Å²) in [5, 5.41) is 9.06. The second-order valence-electron chi connectivity index (χ2n) is 4.30. The fourth-order valence-electron chi connectivity index (χ4n) is 1.83. The van der Waals surface area contributed by atoms with E-state index in [-0.39, 0.29) is 12.0 Å². The maximum absolute atomic E-state index is 12.7. The Morgan fingerprint density at radius 2 is 2.00 bits per heavy atom. The van der Waals surface area contributed by atoms with Crippen molar-refractivity contribution >= 4 is 17.7 Å². The quantitative estimate of drug-likeness (QED) is 0.859. The van der Waals surface area contributed by atoms with E-state index in [2.05, 4.69) is 4.98 Å². The number of primary amides is 1. The molecule has 0 aliphatic carbocycles. The lowest BCUT2D eigenvalue weighted by atomic mass is 10.1. The van der Waals surface area contributed by atoms with E-state index >= 15 is 0 Å². The number of rotatable bonds is 5. The van der Waals surface area contributed by atoms with E-state index in [1.165, 1.54) is 7.05 Å². The highest BCUT2D eigenvalue weighted by Crippen LogP contribution is 2.31. The van der Waals surface area contributed by atoms with Gasteiger partial charge in [0.2, 0.25) is 0 Å². The van der Waals surface area contributed by atoms with Crippen LogP contribution in [0.3, 0.4) is 0 Å². The number of pyridine rings is 1. The van der Waals surface area contributed by atoms with Crippen molar-refractivity contribution in [2.75, 3.05) is 11.9 Å². The average molecular weight is 305 g/mol. The maximum Gasteiger partial charge on any atom is 0.433 e. The molecule has 1 aromatic heterocycles. The smallest absolute Gasteiger partial charge is 0.433 e. The van der Waals surface area contributed by atoms with Crippen LogP contribution < -0.4 is 10.6 Å². The number of carbonyl (C=O) groups excluding carboxylic acids is 1. The summed E-state index contributed by atoms with van der Waals surface area (Å²) in [6.45, 7) is 1.55. The maximum atomic E-state index is 12.7. The van der Waals surface area contributed by atoms with Crippen molar-refractivity contribution < 1.29 is 27.9 Å². The first-order chi connectivity index (χ1) is 9.59. The topological polar surface area (TPSA) is 96.5 Å². The fraction of sp³-hybridized carbons (Fsp3) is 0.417. The molecule has 0 saturated carbocycles. The Morgan fingerprint density at radius 3 is 2.38 bits per heavy atom. The number of carbonyl (C=O) groups is 2. The molecule has 0 spiro atoms. The van der Waals surface area contributed by atoms with Gasteiger partial charge in [-0.15, -0.1) is 0 Å². The number of carboxylic acids is 1. The van der Waals surface area contributed by atoms with E-state index in [4.69, 9.17) is 10.8 Å². The molecule has 1 rings (SSSR count). The van der Waals surface area contributed by atoms with Crippen LogP contribution in [0.2, 0.25) is 0 Å². The lowest BCUT2D eigenvalue weighted by molar-refractivity contribution is -0.141. The number of anilines is 1. The third kappa shape index (κ3) is 3.61. The summed E-state index contributed by atoms with van der Waals surface area (Å²) in [6, 6.07) is 0.386. The fourth-order valence-corrected chi connectivity index (χ4v) is 1.83. The van der Waals surface area contributed by atoms with Crippen LogP contribution in [0.15, 0.2) is 12.1 Å². The Hall–Kier alpha value is -2.32. The number of likely N-dealkylation sites (N-methyl/N-ethyl adjacent to an activating group) is 1. The lowest BCUT2D eigenvalue weighted by Gasteiger charge is -2.26. The predicted molar refractivity (Wildman–Crippen MR) is 67.9 cm³/mol. The van der Waals surface area contributed by atoms with Gasteiger partial charge in [0.05, 0.1) is 5.56 Å². The molecule has 21 heavy (non-hydrogen) atoms. The summed E-state index contributed by atoms with van der Waals surface area (Å²) in [6.07, 6.45) is -4.60. The normalized spacial score (nSPS) is 12.8. The molecule has 0 aliphatic rings. The zero-order valence-electron chi connectivity index (χ0n) is 11.3. The molecule has 3 N–H and O–H groups in total. The summed E-state index contributed by atoms with van der Waals surface area (Å²) in [5.41, 5.74) is 3.59. The molecule has 1 aromatic rings. The molecule has 1 atom stereocenters. The minimum absolute atomic E-state index is 0.113. The van der Waals surface area contributed by atoms with E-state index in [9.17, 15) is 22.8 Å². The van der Waals surface area contributed by atoms with E-state index in [0.717, 1.165) is 11.0 Å². The number of hydrogen-bond donors (Lipinski definition) is 2. The molecule has 0 bridgehead atoms. The zero-order valence-corrected chi connectivity index (χ0v) is 11.3. The second kappa shape index (κ2) is 5.98. The van der Waals surface area contributed by atoms with Gasteiger partial charge < -0.3 is 15.7 Å². The largest absolute Gasteiger partial charge is 0.480 e. The molecule has 6 nitrogen and oxygen atoms in total. The van der Waals surface area contributed by atoms with Crippen LogP contribution in [0.1, 0.15) is 29.4 Å². The molecule has 0 saturated heterocycles. The molecule has 0 aromatic carbocycles. The Bertz CT molecular complexity index is 560. The summed E-state index contributed by atoms with van der Waals surface area (Å²) < 4.78 is 38.1. The van der Waals surface area contributed by atoms with Gasteiger partial charge in [-0.05, 0) is 18.6 Å². The first kappa shape index (κ1) is 16.7. The van der Waals surface area contributed by atoms with Crippen molar-refractivity contribution in [1.29, 1.82) is 0 Å². The number of hydrogen-bond acceptors (Lipinski definition) is 4. The van der Waals surface area contributed by atoms with Crippen LogP contribution in [0, 0.1) is 0 Å². The minimum Gasteiger partial charge on any atom is -0.480 e. The average Bonchev–Trinajstić information content (AvgIpc) is 2.37. The molecule has 0 radical (unpaired) electrons. The SMILES string of the molecule is CCC(C(=O)O)N(C)c1nc(C(F)(F)F)ccc1C(N)=O. The van der Waals surface area contributed by atoms with Crippen LogP contribution in [-0.2, 0) is 11.0 Å². The standard InChI is InChI=1S/C12H14F3N3O3/c1-3-7(11(20)21)18(2)10-6(9(16)19)4-5-8(17-10)12(13,14)15/h4-5,7H,3H2,1-2H3,(H2,16,19)(H,20,21). The van der Waals surface area contributed by atoms with Crippen molar-refractivity contribution in [3.8, 4) is 0 Å². The number of aromatic nitrogens is 1. The molecule has 116 valence electrons. The van der Waals surface area contributed by atoms with Crippen LogP contribution in [-0.4, -0.2) is 35.1 Å². The second-order valence-corrected chi connectivity index (χ2v) is 4.30. The third-order valence-corrected chi connectivity index (χ3v) is 2.90. The lowest BCUT2D eigenvalue weighted by Crippen LogP contribution is -2.40. The third-order valence-electron chi connectivity index (χ3n) is 2.90. The van der Waals surface area contributed by atoms with Crippen molar-refractivity contribution in [3.63, 3.8) is 0 Å². The predicted octanol–water partition coefficient (Wildman–Crippen LogP) is 1.50. The first-order valence-electron chi connectivity index (χ1n) is 5.93. The van der Waals surface area contributed by atoms with Crippen LogP contribution in [0.5, 0.6) is 0 Å². The number of nitrogens with zero attached hydrogens (tertiary/aromatic N) is 2. The van der Waals surface area contributed by atoms with Crippen molar-refractivity contribution in [3.05, 3.63) is 23.4 Å². The van der Waals surface area contributed by atoms with Gasteiger partial charge in [-0.3, -0.25) is 4.79 Å². The highest BCUT2D eigenvalue weighted by molar-refractivity contribution is 5.98. The summed E-state index contributed by atoms with van der Waals surface area (Å²) in [7, 11) is 1.25. The van der Waals surface area contributed by atoms with Crippen LogP contribution in [0.25, 0.3) is 0 Å². The Labute approximate surface area is 118 Å². The van der Waals surface area contributed by atoms with E-state index < -0.39 is 35.6 Å². The number of nitrogens with two attached hydrogens (primary N) is 1. The molecule has 1 amide bonds. The number of alkyl halides is 3. The number of halogens is 3. The number of amides is 1. The van der Waals surface area contributed by atoms with E-state index in [1.54, 1.807) is 6.92 Å². The molecule has 0 fully saturated rings. The van der Waals surface area contributed by atoms with Crippen LogP contribution in [0.4, 0.5) is 19.0 Å². The van der Waals surface area contributed by atoms with Crippen LogP contribution >= 0.6 is 0 Å². The number of carboxylic acid groups (broad SMARTS) is 1. The van der Waals surface area contributed by atoms with E-state index in [0.29, 0.717) is 6.07 Å². The number of aliphatic carboxylic acids is 1. The Balaban J connectivity index is 3.42. The Morgan fingerprint density at radius 1 is 1.43 bits per heavy atom. The van der Waals surface area contributed by atoms with Gasteiger partial charge in [-0.25, -0.2) is 9.78 Å². The molecule has 9 heteroatoms. The van der Waals surface area contributed by atoms with Gasteiger partial charge in [-0.2, -0.15) is 13.2 Å². The molecular weight excluding hydrogens is 291 g/mol. The van der Waals surface area contributed by atoms with Crippen molar-refractivity contribution in [1.82, 2.24) is 4.98 Å². The minimum atomic E-state index is -4.71. The van der Waals surface area contributed by atoms with Gasteiger partial charge in [0, 0.05) is 7.05 Å². The highest BCUT2D eigenvalue weighted by atomic mass is 19.4. The highest BCUT2D eigenvalue weighted by Gasteiger charge is 2.35. The van der Waals surface area contributed by atoms with Gasteiger partial charge >= 0.3 is 12.1 Å². The molecule has 1 unspecified atom stereocenters. The summed E-state index contributed by atoms with van der Waals surface area (Å²) in [4.78, 5) is 26.7.